The summed E-state index contributed by atoms with van der Waals surface area (Å²) in [7, 11) is 0. The van der Waals surface area contributed by atoms with Gasteiger partial charge in [0.2, 0.25) is 11.8 Å². The zero-order chi connectivity index (χ0) is 10.8. The summed E-state index contributed by atoms with van der Waals surface area (Å²) in [6.45, 7) is 4.79. The number of hydrogen-bond donors (Lipinski definition) is 2. The van der Waals surface area contributed by atoms with Crippen LogP contribution in [-0.4, -0.2) is 48.4 Å². The number of amides is 2. The molecule has 0 bridgehead atoms. The maximum atomic E-state index is 11.6. The third-order valence-corrected chi connectivity index (χ3v) is 3.05. The molecule has 2 heterocycles. The first kappa shape index (κ1) is 10.6. The number of nitrogens with zero attached hydrogens (tertiary/aromatic N) is 1. The molecule has 15 heavy (non-hydrogen) atoms. The molecule has 2 N–H and O–H groups in total. The van der Waals surface area contributed by atoms with Crippen LogP contribution in [-0.2, 0) is 9.59 Å². The Morgan fingerprint density at radius 2 is 2.20 bits per heavy atom. The highest BCUT2D eigenvalue weighted by atomic mass is 16.2. The average Bonchev–Trinajstić information content (AvgIpc) is 2.17. The monoisotopic (exact) mass is 211 g/mol. The number of rotatable bonds is 1. The van der Waals surface area contributed by atoms with Crippen LogP contribution in [0, 0.1) is 0 Å². The molecule has 0 saturated carbocycles. The summed E-state index contributed by atoms with van der Waals surface area (Å²) >= 11 is 0. The fourth-order valence-electron chi connectivity index (χ4n) is 2.28. The second-order valence-corrected chi connectivity index (χ2v) is 4.32. The number of carbonyl (C=O) groups excluding carboxylic acids is 2. The molecule has 2 aliphatic heterocycles. The zero-order valence-corrected chi connectivity index (χ0v) is 8.95. The number of piperazine rings is 1. The molecule has 5 heteroatoms. The Kier molecular flexibility index (Phi) is 3.02. The van der Waals surface area contributed by atoms with Gasteiger partial charge >= 0.3 is 0 Å². The van der Waals surface area contributed by atoms with E-state index in [0.717, 1.165) is 19.6 Å². The van der Waals surface area contributed by atoms with Gasteiger partial charge in [0, 0.05) is 32.1 Å². The predicted molar refractivity (Wildman–Crippen MR) is 55.2 cm³/mol. The summed E-state index contributed by atoms with van der Waals surface area (Å²) in [5, 5.41) is 5.74. The molecule has 84 valence electrons. The number of imide groups is 1. The van der Waals surface area contributed by atoms with E-state index in [9.17, 15) is 9.59 Å². The lowest BCUT2D eigenvalue weighted by Crippen LogP contribution is -2.59. The van der Waals surface area contributed by atoms with Crippen molar-refractivity contribution in [1.29, 1.82) is 0 Å². The maximum absolute atomic E-state index is 11.6. The SMILES string of the molecule is C[C@@H]1CN(C2CCC(=O)NC2=O)CCN1. The van der Waals surface area contributed by atoms with Gasteiger partial charge in [-0.25, -0.2) is 0 Å². The van der Waals surface area contributed by atoms with Crippen molar-refractivity contribution in [1.82, 2.24) is 15.5 Å². The van der Waals surface area contributed by atoms with E-state index in [1.54, 1.807) is 0 Å². The van der Waals surface area contributed by atoms with Gasteiger partial charge in [-0.15, -0.1) is 0 Å². The van der Waals surface area contributed by atoms with Crippen molar-refractivity contribution in [2.75, 3.05) is 19.6 Å². The molecular weight excluding hydrogens is 194 g/mol. The van der Waals surface area contributed by atoms with Gasteiger partial charge in [-0.05, 0) is 13.3 Å². The smallest absolute Gasteiger partial charge is 0.243 e. The van der Waals surface area contributed by atoms with Crippen LogP contribution in [0.2, 0.25) is 0 Å². The number of piperidine rings is 1. The van der Waals surface area contributed by atoms with E-state index in [1.807, 2.05) is 0 Å². The molecule has 0 spiro atoms. The fraction of sp³-hybridized carbons (Fsp3) is 0.800. The number of nitrogens with one attached hydrogen (secondary N) is 2. The lowest BCUT2D eigenvalue weighted by molar-refractivity contribution is -0.137. The molecule has 2 saturated heterocycles. The van der Waals surface area contributed by atoms with E-state index >= 15 is 0 Å². The van der Waals surface area contributed by atoms with Crippen LogP contribution in [0.25, 0.3) is 0 Å². The number of hydrogen-bond acceptors (Lipinski definition) is 4. The zero-order valence-electron chi connectivity index (χ0n) is 8.95. The van der Waals surface area contributed by atoms with Crippen molar-refractivity contribution in [2.45, 2.75) is 31.8 Å². The molecule has 0 radical (unpaired) electrons. The normalized spacial score (nSPS) is 33.9. The summed E-state index contributed by atoms with van der Waals surface area (Å²) in [5.41, 5.74) is 0. The van der Waals surface area contributed by atoms with Gasteiger partial charge in [0.25, 0.3) is 0 Å². The van der Waals surface area contributed by atoms with E-state index in [-0.39, 0.29) is 17.9 Å². The van der Waals surface area contributed by atoms with E-state index in [2.05, 4.69) is 22.5 Å². The lowest BCUT2D eigenvalue weighted by atomic mass is 10.0. The minimum absolute atomic E-state index is 0.104. The molecule has 2 aliphatic rings. The molecule has 0 aromatic rings. The van der Waals surface area contributed by atoms with Crippen LogP contribution in [0.15, 0.2) is 0 Å². The average molecular weight is 211 g/mol. The summed E-state index contributed by atoms with van der Waals surface area (Å²) in [4.78, 5) is 24.8. The summed E-state index contributed by atoms with van der Waals surface area (Å²) < 4.78 is 0. The number of carbonyl (C=O) groups is 2. The van der Waals surface area contributed by atoms with Crippen molar-refractivity contribution in [3.8, 4) is 0 Å². The van der Waals surface area contributed by atoms with Crippen molar-refractivity contribution in [3.05, 3.63) is 0 Å². The quantitative estimate of drug-likeness (QED) is 0.551. The van der Waals surface area contributed by atoms with Crippen LogP contribution in [0.5, 0.6) is 0 Å². The molecule has 2 rings (SSSR count). The van der Waals surface area contributed by atoms with Gasteiger partial charge in [0.1, 0.15) is 0 Å². The van der Waals surface area contributed by atoms with E-state index in [0.29, 0.717) is 18.9 Å². The van der Waals surface area contributed by atoms with Crippen LogP contribution >= 0.6 is 0 Å². The second kappa shape index (κ2) is 4.28. The first-order valence-corrected chi connectivity index (χ1v) is 5.48. The third kappa shape index (κ3) is 2.35. The van der Waals surface area contributed by atoms with Crippen molar-refractivity contribution >= 4 is 11.8 Å². The van der Waals surface area contributed by atoms with Crippen molar-refractivity contribution < 1.29 is 9.59 Å². The Hall–Kier alpha value is -0.940. The van der Waals surface area contributed by atoms with Crippen molar-refractivity contribution in [3.63, 3.8) is 0 Å². The third-order valence-electron chi connectivity index (χ3n) is 3.05. The highest BCUT2D eigenvalue weighted by Gasteiger charge is 2.33. The highest BCUT2D eigenvalue weighted by molar-refractivity contribution is 6.00. The Morgan fingerprint density at radius 3 is 2.87 bits per heavy atom. The minimum Gasteiger partial charge on any atom is -0.312 e. The van der Waals surface area contributed by atoms with E-state index in [4.69, 9.17) is 0 Å². The fourth-order valence-corrected chi connectivity index (χ4v) is 2.28. The van der Waals surface area contributed by atoms with Crippen LogP contribution < -0.4 is 10.6 Å². The Bertz CT molecular complexity index is 280. The van der Waals surface area contributed by atoms with Crippen LogP contribution in [0.3, 0.4) is 0 Å². The highest BCUT2D eigenvalue weighted by Crippen LogP contribution is 2.14. The van der Waals surface area contributed by atoms with Gasteiger partial charge in [0.15, 0.2) is 0 Å². The van der Waals surface area contributed by atoms with Gasteiger partial charge < -0.3 is 5.32 Å². The van der Waals surface area contributed by atoms with Gasteiger partial charge in [-0.3, -0.25) is 19.8 Å². The van der Waals surface area contributed by atoms with E-state index in [1.165, 1.54) is 0 Å². The molecular formula is C10H17N3O2. The standard InChI is InChI=1S/C10H17N3O2/c1-7-6-13(5-4-11-7)8-2-3-9(14)12-10(8)15/h7-8,11H,2-6H2,1H3,(H,12,14,15)/t7-,8?/m1/s1. The maximum Gasteiger partial charge on any atom is 0.243 e. The largest absolute Gasteiger partial charge is 0.312 e. The molecule has 2 atom stereocenters. The molecule has 0 aromatic heterocycles. The van der Waals surface area contributed by atoms with E-state index < -0.39 is 0 Å². The Balaban J connectivity index is 1.97. The second-order valence-electron chi connectivity index (χ2n) is 4.32. The molecule has 2 amide bonds. The Morgan fingerprint density at radius 1 is 1.40 bits per heavy atom. The van der Waals surface area contributed by atoms with Crippen molar-refractivity contribution in [2.24, 2.45) is 0 Å². The van der Waals surface area contributed by atoms with Gasteiger partial charge in [-0.2, -0.15) is 0 Å². The summed E-state index contributed by atoms with van der Waals surface area (Å²) in [6, 6.07) is 0.316. The molecule has 1 unspecified atom stereocenters. The lowest BCUT2D eigenvalue weighted by Gasteiger charge is -2.38. The molecule has 5 nitrogen and oxygen atoms in total. The van der Waals surface area contributed by atoms with Crippen LogP contribution in [0.4, 0.5) is 0 Å². The molecule has 2 fully saturated rings. The van der Waals surface area contributed by atoms with Crippen LogP contribution in [0.1, 0.15) is 19.8 Å². The molecule has 0 aromatic carbocycles. The first-order valence-electron chi connectivity index (χ1n) is 5.48. The summed E-state index contributed by atoms with van der Waals surface area (Å²) in [6.07, 6.45) is 1.13. The minimum atomic E-state index is -0.139. The van der Waals surface area contributed by atoms with Gasteiger partial charge in [-0.1, -0.05) is 0 Å². The predicted octanol–water partition coefficient (Wildman–Crippen LogP) is -0.915. The molecule has 0 aliphatic carbocycles. The van der Waals surface area contributed by atoms with Gasteiger partial charge in [0.05, 0.1) is 6.04 Å². The topological polar surface area (TPSA) is 61.4 Å². The first-order chi connectivity index (χ1) is 7.16. The summed E-state index contributed by atoms with van der Waals surface area (Å²) in [5.74, 6) is -0.264. The Labute approximate surface area is 89.2 Å².